The number of aromatic amines is 1. The number of nitrogens with zero attached hydrogens (tertiary/aromatic N) is 5. The van der Waals surface area contributed by atoms with E-state index in [1.807, 2.05) is 0 Å². The number of rotatable bonds is 5. The molecule has 3 heterocycles. The maximum atomic E-state index is 14.3. The summed E-state index contributed by atoms with van der Waals surface area (Å²) in [4.78, 5) is 19.3. The van der Waals surface area contributed by atoms with Gasteiger partial charge in [0, 0.05) is 31.4 Å². The molecule has 2 aromatic carbocycles. The molecule has 0 amide bonds. The zero-order chi connectivity index (χ0) is 24.7. The molecular weight excluding hydrogens is 469 g/mol. The number of anilines is 1. The first-order valence-electron chi connectivity index (χ1n) is 10.3. The second-order valence-electron chi connectivity index (χ2n) is 7.73. The van der Waals surface area contributed by atoms with Crippen molar-refractivity contribution in [2.24, 2.45) is 7.05 Å². The molecule has 0 aliphatic heterocycles. The third-order valence-corrected chi connectivity index (χ3v) is 5.30. The first-order chi connectivity index (χ1) is 16.7. The molecule has 35 heavy (non-hydrogen) atoms. The highest BCUT2D eigenvalue weighted by molar-refractivity contribution is 5.84. The second kappa shape index (κ2) is 8.46. The van der Waals surface area contributed by atoms with Crippen molar-refractivity contribution in [3.8, 4) is 22.8 Å². The molecule has 0 saturated heterocycles. The van der Waals surface area contributed by atoms with E-state index < -0.39 is 23.5 Å². The predicted molar refractivity (Wildman–Crippen MR) is 118 cm³/mol. The molecule has 5 rings (SSSR count). The van der Waals surface area contributed by atoms with Gasteiger partial charge in [-0.15, -0.1) is 0 Å². The fourth-order valence-electron chi connectivity index (χ4n) is 3.58. The van der Waals surface area contributed by atoms with E-state index in [0.29, 0.717) is 29.1 Å². The molecule has 178 valence electrons. The number of halogens is 5. The van der Waals surface area contributed by atoms with E-state index >= 15 is 0 Å². The van der Waals surface area contributed by atoms with Gasteiger partial charge < -0.3 is 14.9 Å². The van der Waals surface area contributed by atoms with E-state index in [1.54, 1.807) is 24.3 Å². The SMILES string of the molecule is Cn1cc(C(F)(F)F)nc1-c1ccc(CNc2nc(-c3ccc(F)cc3F)nc3nc[nH]c23)cc1. The Labute approximate surface area is 194 Å². The topological polar surface area (TPSA) is 84.3 Å². The van der Waals surface area contributed by atoms with Crippen molar-refractivity contribution in [1.29, 1.82) is 0 Å². The number of alkyl halides is 3. The third-order valence-electron chi connectivity index (χ3n) is 5.30. The van der Waals surface area contributed by atoms with Gasteiger partial charge in [-0.2, -0.15) is 13.2 Å². The largest absolute Gasteiger partial charge is 0.434 e. The van der Waals surface area contributed by atoms with Gasteiger partial charge in [0.05, 0.1) is 11.9 Å². The summed E-state index contributed by atoms with van der Waals surface area (Å²) in [6, 6.07) is 9.95. The predicted octanol–water partition coefficient (Wildman–Crippen LogP) is 5.33. The number of benzene rings is 2. The average molecular weight is 485 g/mol. The summed E-state index contributed by atoms with van der Waals surface area (Å²) >= 11 is 0. The van der Waals surface area contributed by atoms with Gasteiger partial charge in [0.2, 0.25) is 0 Å². The highest BCUT2D eigenvalue weighted by atomic mass is 19.4. The number of fused-ring (bicyclic) bond motifs is 1. The van der Waals surface area contributed by atoms with Crippen molar-refractivity contribution in [3.63, 3.8) is 0 Å². The maximum absolute atomic E-state index is 14.3. The molecule has 0 atom stereocenters. The van der Waals surface area contributed by atoms with Crippen LogP contribution in [0.15, 0.2) is 55.0 Å². The van der Waals surface area contributed by atoms with Gasteiger partial charge in [0.15, 0.2) is 23.0 Å². The standard InChI is InChI=1S/C23H16F5N7/c1-35-10-17(23(26,27)28)32-22(35)13-4-2-12(3-5-13)9-29-20-18-21(31-11-30-18)34-19(33-20)15-7-6-14(24)8-16(15)25/h2-8,10-11H,9H2,1H3,(H2,29,30,31,33,34). The van der Waals surface area contributed by atoms with Gasteiger partial charge in [-0.25, -0.2) is 28.7 Å². The van der Waals surface area contributed by atoms with E-state index in [9.17, 15) is 22.0 Å². The summed E-state index contributed by atoms with van der Waals surface area (Å²) in [6.07, 6.45) is -2.16. The van der Waals surface area contributed by atoms with E-state index in [4.69, 9.17) is 0 Å². The van der Waals surface area contributed by atoms with Crippen LogP contribution in [0.2, 0.25) is 0 Å². The smallest absolute Gasteiger partial charge is 0.364 e. The minimum Gasteiger partial charge on any atom is -0.364 e. The van der Waals surface area contributed by atoms with Crippen LogP contribution in [-0.4, -0.2) is 29.5 Å². The van der Waals surface area contributed by atoms with Crippen molar-refractivity contribution in [2.75, 3.05) is 5.32 Å². The number of H-pyrrole nitrogens is 1. The van der Waals surface area contributed by atoms with Crippen molar-refractivity contribution < 1.29 is 22.0 Å². The van der Waals surface area contributed by atoms with Crippen LogP contribution in [0.3, 0.4) is 0 Å². The third kappa shape index (κ3) is 4.42. The second-order valence-corrected chi connectivity index (χ2v) is 7.73. The highest BCUT2D eigenvalue weighted by Crippen LogP contribution is 2.31. The van der Waals surface area contributed by atoms with E-state index in [1.165, 1.54) is 24.0 Å². The lowest BCUT2D eigenvalue weighted by Crippen LogP contribution is -2.05. The number of aryl methyl sites for hydroxylation is 1. The number of nitrogens with one attached hydrogen (secondary N) is 2. The van der Waals surface area contributed by atoms with Gasteiger partial charge in [-0.1, -0.05) is 24.3 Å². The molecular formula is C23H16F5N7. The number of aromatic nitrogens is 6. The number of hydrogen-bond donors (Lipinski definition) is 2. The zero-order valence-corrected chi connectivity index (χ0v) is 18.0. The van der Waals surface area contributed by atoms with Crippen LogP contribution in [0.5, 0.6) is 0 Å². The first-order valence-corrected chi connectivity index (χ1v) is 10.3. The molecule has 0 saturated carbocycles. The fourth-order valence-corrected chi connectivity index (χ4v) is 3.58. The molecule has 3 aromatic heterocycles. The van der Waals surface area contributed by atoms with Crippen LogP contribution in [0.25, 0.3) is 33.9 Å². The minimum atomic E-state index is -4.52. The van der Waals surface area contributed by atoms with Gasteiger partial charge in [-0.05, 0) is 17.7 Å². The van der Waals surface area contributed by atoms with Crippen LogP contribution in [0.4, 0.5) is 27.8 Å². The van der Waals surface area contributed by atoms with Crippen molar-refractivity contribution in [1.82, 2.24) is 29.5 Å². The van der Waals surface area contributed by atoms with Crippen molar-refractivity contribution >= 4 is 17.0 Å². The molecule has 0 radical (unpaired) electrons. The zero-order valence-electron chi connectivity index (χ0n) is 18.0. The molecule has 5 aromatic rings. The van der Waals surface area contributed by atoms with Gasteiger partial charge >= 0.3 is 6.18 Å². The quantitative estimate of drug-likeness (QED) is 0.329. The van der Waals surface area contributed by atoms with Crippen molar-refractivity contribution in [3.05, 3.63) is 77.9 Å². The Hall–Kier alpha value is -4.35. The van der Waals surface area contributed by atoms with Crippen LogP contribution in [-0.2, 0) is 19.8 Å². The monoisotopic (exact) mass is 485 g/mol. The van der Waals surface area contributed by atoms with Gasteiger partial charge in [0.1, 0.15) is 23.0 Å². The summed E-state index contributed by atoms with van der Waals surface area (Å²) in [5.74, 6) is -0.930. The molecule has 0 spiro atoms. The fraction of sp³-hybridized carbons (Fsp3) is 0.130. The Kier molecular flexibility index (Phi) is 5.42. The van der Waals surface area contributed by atoms with Crippen LogP contribution < -0.4 is 5.32 Å². The lowest BCUT2D eigenvalue weighted by atomic mass is 10.1. The summed E-state index contributed by atoms with van der Waals surface area (Å²) in [5, 5.41) is 3.14. The summed E-state index contributed by atoms with van der Waals surface area (Å²) < 4.78 is 67.7. The lowest BCUT2D eigenvalue weighted by molar-refractivity contribution is -0.140. The van der Waals surface area contributed by atoms with Gasteiger partial charge in [-0.3, -0.25) is 0 Å². The molecule has 0 bridgehead atoms. The van der Waals surface area contributed by atoms with Crippen LogP contribution in [0.1, 0.15) is 11.3 Å². The highest BCUT2D eigenvalue weighted by Gasteiger charge is 2.34. The Bertz CT molecular complexity index is 1520. The number of imidazole rings is 2. The Morgan fingerprint density at radius 3 is 2.46 bits per heavy atom. The lowest BCUT2D eigenvalue weighted by Gasteiger charge is -2.10. The number of hydrogen-bond acceptors (Lipinski definition) is 5. The van der Waals surface area contributed by atoms with E-state index in [2.05, 4.69) is 30.2 Å². The van der Waals surface area contributed by atoms with E-state index in [-0.39, 0.29) is 17.2 Å². The van der Waals surface area contributed by atoms with E-state index in [0.717, 1.165) is 23.9 Å². The summed E-state index contributed by atoms with van der Waals surface area (Å²) in [6.45, 7) is 0.297. The summed E-state index contributed by atoms with van der Waals surface area (Å²) in [5.41, 5.74) is 1.20. The molecule has 2 N–H and O–H groups in total. The average Bonchev–Trinajstić information content (AvgIpc) is 3.44. The molecule has 12 heteroatoms. The first kappa shape index (κ1) is 22.4. The van der Waals surface area contributed by atoms with Crippen LogP contribution >= 0.6 is 0 Å². The molecule has 0 unspecified atom stereocenters. The normalized spacial score (nSPS) is 11.8. The minimum absolute atomic E-state index is 0.0250. The molecule has 7 nitrogen and oxygen atoms in total. The molecule has 0 aliphatic carbocycles. The Balaban J connectivity index is 1.39. The summed E-state index contributed by atoms with van der Waals surface area (Å²) in [7, 11) is 1.50. The van der Waals surface area contributed by atoms with Crippen molar-refractivity contribution in [2.45, 2.75) is 12.7 Å². The maximum Gasteiger partial charge on any atom is 0.434 e. The van der Waals surface area contributed by atoms with Gasteiger partial charge in [0.25, 0.3) is 0 Å². The molecule has 0 aliphatic rings. The Morgan fingerprint density at radius 1 is 1.00 bits per heavy atom. The molecule has 0 fully saturated rings. The van der Waals surface area contributed by atoms with Crippen LogP contribution in [0, 0.1) is 11.6 Å². The Morgan fingerprint density at radius 2 is 1.77 bits per heavy atom.